The molecular weight excluding hydrogens is 608 g/mol. The van der Waals surface area contributed by atoms with Gasteiger partial charge < -0.3 is 38.3 Å². The fourth-order valence-corrected chi connectivity index (χ4v) is 5.33. The van der Waals surface area contributed by atoms with Crippen LogP contribution in [0, 0.1) is 0 Å². The molecule has 0 amide bonds. The first-order valence-corrected chi connectivity index (χ1v) is 14.5. The molecule has 5 rings (SSSR count). The van der Waals surface area contributed by atoms with Crippen LogP contribution >= 0.6 is 0 Å². The molecule has 0 fully saturated rings. The maximum Gasteiger partial charge on any atom is 0.308 e. The maximum absolute atomic E-state index is 11.6. The van der Waals surface area contributed by atoms with Crippen molar-refractivity contribution in [2.24, 2.45) is 0 Å². The van der Waals surface area contributed by atoms with Gasteiger partial charge in [0, 0.05) is 44.0 Å². The second kappa shape index (κ2) is 13.6. The van der Waals surface area contributed by atoms with Gasteiger partial charge >= 0.3 is 17.9 Å². The number of phenolic OH excluding ortho intramolecular Hbond substituents is 2. The van der Waals surface area contributed by atoms with Crippen molar-refractivity contribution in [3.63, 3.8) is 0 Å². The number of fused-ring (bicyclic) bond motifs is 1. The molecule has 1 aromatic heterocycles. The Morgan fingerprint density at radius 3 is 1.74 bits per heavy atom. The average molecular weight is 641 g/mol. The van der Waals surface area contributed by atoms with Gasteiger partial charge in [-0.2, -0.15) is 0 Å². The van der Waals surface area contributed by atoms with E-state index in [1.807, 2.05) is 12.1 Å². The van der Waals surface area contributed by atoms with Gasteiger partial charge in [0.15, 0.2) is 11.5 Å². The Morgan fingerprint density at radius 2 is 1.19 bits per heavy atom. The van der Waals surface area contributed by atoms with E-state index in [2.05, 4.69) is 0 Å². The lowest BCUT2D eigenvalue weighted by Crippen LogP contribution is -2.05. The number of benzene rings is 4. The summed E-state index contributed by atoms with van der Waals surface area (Å²) in [5.74, 6) is 0.0674. The molecule has 11 nitrogen and oxygen atoms in total. The van der Waals surface area contributed by atoms with Crippen LogP contribution in [0.3, 0.4) is 0 Å². The topological polar surface area (TPSA) is 151 Å². The van der Waals surface area contributed by atoms with Crippen LogP contribution in [0.2, 0.25) is 0 Å². The zero-order chi connectivity index (χ0) is 33.8. The van der Waals surface area contributed by atoms with Crippen molar-refractivity contribution in [3.05, 3.63) is 77.9 Å². The molecule has 0 spiro atoms. The van der Waals surface area contributed by atoms with Crippen LogP contribution in [-0.4, -0.2) is 42.3 Å². The summed E-state index contributed by atoms with van der Waals surface area (Å²) < 4.78 is 33.6. The molecule has 0 radical (unpaired) electrons. The van der Waals surface area contributed by atoms with Crippen molar-refractivity contribution >= 4 is 28.9 Å². The molecule has 1 heterocycles. The first-order valence-electron chi connectivity index (χ1n) is 14.5. The lowest BCUT2D eigenvalue weighted by atomic mass is 9.96. The first-order chi connectivity index (χ1) is 22.4. The Morgan fingerprint density at radius 1 is 0.617 bits per heavy atom. The fourth-order valence-electron chi connectivity index (χ4n) is 5.33. The summed E-state index contributed by atoms with van der Waals surface area (Å²) in [5, 5.41) is 21.3. The van der Waals surface area contributed by atoms with E-state index < -0.39 is 17.9 Å². The van der Waals surface area contributed by atoms with Crippen molar-refractivity contribution in [2.45, 2.75) is 33.6 Å². The molecule has 47 heavy (non-hydrogen) atoms. The van der Waals surface area contributed by atoms with Gasteiger partial charge in [0.25, 0.3) is 0 Å². The largest absolute Gasteiger partial charge is 0.508 e. The summed E-state index contributed by atoms with van der Waals surface area (Å²) >= 11 is 0. The molecule has 0 saturated heterocycles. The number of carbonyl (C=O) groups is 3. The molecule has 0 aliphatic rings. The van der Waals surface area contributed by atoms with Crippen LogP contribution in [-0.2, 0) is 27.2 Å². The van der Waals surface area contributed by atoms with Crippen LogP contribution in [0.1, 0.15) is 31.9 Å². The molecule has 0 bridgehead atoms. The zero-order valence-corrected chi connectivity index (χ0v) is 26.3. The van der Waals surface area contributed by atoms with Gasteiger partial charge in [-0.05, 0) is 84.1 Å². The number of esters is 3. The Hall–Kier alpha value is -5.97. The van der Waals surface area contributed by atoms with E-state index in [4.69, 9.17) is 28.1 Å². The number of ether oxygens (including phenoxy) is 5. The zero-order valence-electron chi connectivity index (χ0n) is 26.3. The van der Waals surface area contributed by atoms with Crippen LogP contribution < -0.4 is 23.7 Å². The predicted molar refractivity (Wildman–Crippen MR) is 171 cm³/mol. The van der Waals surface area contributed by atoms with E-state index in [1.165, 1.54) is 59.3 Å². The molecule has 0 aliphatic heterocycles. The van der Waals surface area contributed by atoms with Crippen LogP contribution in [0.25, 0.3) is 33.4 Å². The highest BCUT2D eigenvalue weighted by atomic mass is 16.6. The molecule has 242 valence electrons. The van der Waals surface area contributed by atoms with Gasteiger partial charge in [-0.1, -0.05) is 0 Å². The van der Waals surface area contributed by atoms with Crippen molar-refractivity contribution in [3.8, 4) is 62.7 Å². The number of phenols is 2. The molecule has 0 aliphatic carbocycles. The van der Waals surface area contributed by atoms with E-state index in [0.717, 1.165) is 11.1 Å². The van der Waals surface area contributed by atoms with Crippen molar-refractivity contribution in [1.82, 2.24) is 0 Å². The number of aromatic hydroxyl groups is 2. The van der Waals surface area contributed by atoms with Crippen LogP contribution in [0.15, 0.2) is 71.1 Å². The molecule has 4 aromatic carbocycles. The SMILES string of the molecule is COc1cc(-c2oc3cc(CCc4cc(OC(C)=O)cc(OC(C)=O)c4)cc(OC)c3c2-c2cc(O)cc(O)c2)ccc1OC(C)=O. The normalized spacial score (nSPS) is 10.8. The quantitative estimate of drug-likeness (QED) is 0.123. The van der Waals surface area contributed by atoms with Gasteiger partial charge in [0.2, 0.25) is 0 Å². The van der Waals surface area contributed by atoms with Crippen molar-refractivity contribution in [1.29, 1.82) is 0 Å². The molecule has 0 atom stereocenters. The Bertz CT molecular complexity index is 1950. The smallest absolute Gasteiger partial charge is 0.308 e. The third-order valence-corrected chi connectivity index (χ3v) is 7.07. The molecular formula is C36H32O11. The molecule has 0 unspecified atom stereocenters. The average Bonchev–Trinajstić information content (AvgIpc) is 3.38. The number of hydrogen-bond acceptors (Lipinski definition) is 11. The lowest BCUT2D eigenvalue weighted by molar-refractivity contribution is -0.133. The second-order valence-corrected chi connectivity index (χ2v) is 10.7. The second-order valence-electron chi connectivity index (χ2n) is 10.7. The lowest BCUT2D eigenvalue weighted by Gasteiger charge is -2.12. The Balaban J connectivity index is 1.62. The fraction of sp³-hybridized carbons (Fsp3) is 0.194. The van der Waals surface area contributed by atoms with E-state index in [-0.39, 0.29) is 28.7 Å². The third kappa shape index (κ3) is 7.47. The van der Waals surface area contributed by atoms with Gasteiger partial charge in [-0.15, -0.1) is 0 Å². The van der Waals surface area contributed by atoms with E-state index in [1.54, 1.807) is 30.3 Å². The summed E-state index contributed by atoms with van der Waals surface area (Å²) in [4.78, 5) is 34.8. The number of aryl methyl sites for hydroxylation is 2. The predicted octanol–water partition coefficient (Wildman–Crippen LogP) is 6.76. The molecule has 2 N–H and O–H groups in total. The third-order valence-electron chi connectivity index (χ3n) is 7.07. The van der Waals surface area contributed by atoms with Gasteiger partial charge in [-0.25, -0.2) is 0 Å². The summed E-state index contributed by atoms with van der Waals surface area (Å²) in [6.45, 7) is 3.86. The van der Waals surface area contributed by atoms with Crippen molar-refractivity contribution in [2.75, 3.05) is 14.2 Å². The minimum Gasteiger partial charge on any atom is -0.508 e. The number of methoxy groups -OCH3 is 2. The highest BCUT2D eigenvalue weighted by Gasteiger charge is 2.24. The highest BCUT2D eigenvalue weighted by molar-refractivity contribution is 6.06. The number of furan rings is 1. The number of hydrogen-bond donors (Lipinski definition) is 2. The minimum absolute atomic E-state index is 0.150. The number of carbonyl (C=O) groups excluding carboxylic acids is 3. The molecule has 5 aromatic rings. The first kappa shape index (κ1) is 32.4. The summed E-state index contributed by atoms with van der Waals surface area (Å²) in [6.07, 6.45) is 0.978. The van der Waals surface area contributed by atoms with Crippen molar-refractivity contribution < 1.29 is 52.7 Å². The highest BCUT2D eigenvalue weighted by Crippen LogP contribution is 2.48. The van der Waals surface area contributed by atoms with E-state index in [9.17, 15) is 24.6 Å². The molecule has 11 heteroatoms. The van der Waals surface area contributed by atoms with E-state index >= 15 is 0 Å². The Labute approximate surface area is 269 Å². The summed E-state index contributed by atoms with van der Waals surface area (Å²) in [7, 11) is 2.98. The Kier molecular flexibility index (Phi) is 9.36. The maximum atomic E-state index is 11.6. The van der Waals surface area contributed by atoms with E-state index in [0.29, 0.717) is 57.8 Å². The van der Waals surface area contributed by atoms with Gasteiger partial charge in [0.05, 0.1) is 19.6 Å². The monoisotopic (exact) mass is 640 g/mol. The standard InChI is InChI=1S/C36H32O11/c1-19(37)44-28-10-22(11-29(18-28)45-20(2)38)6-7-23-12-32(43-5)35-33(13-23)47-36(34(35)25-14-26(40)17-27(41)15-25)24-8-9-30(46-21(3)39)31(16-24)42-4/h8-18,40-41H,6-7H2,1-5H3. The van der Waals surface area contributed by atoms with Crippen LogP contribution in [0.5, 0.6) is 40.2 Å². The van der Waals surface area contributed by atoms with Gasteiger partial charge in [-0.3, -0.25) is 14.4 Å². The number of rotatable bonds is 10. The summed E-state index contributed by atoms with van der Waals surface area (Å²) in [6, 6.07) is 17.8. The molecule has 0 saturated carbocycles. The minimum atomic E-state index is -0.506. The van der Waals surface area contributed by atoms with Crippen LogP contribution in [0.4, 0.5) is 0 Å². The van der Waals surface area contributed by atoms with Gasteiger partial charge in [0.1, 0.15) is 40.1 Å². The summed E-state index contributed by atoms with van der Waals surface area (Å²) in [5.41, 5.74) is 3.63.